The SMILES string of the molecule is CCNC(=NCCNc1ccc2ccccc2n1)NC(C)(C)C.I. The lowest BCUT2D eigenvalue weighted by Crippen LogP contribution is -2.47. The maximum atomic E-state index is 4.60. The van der Waals surface area contributed by atoms with Crippen molar-refractivity contribution in [1.29, 1.82) is 0 Å². The lowest BCUT2D eigenvalue weighted by Gasteiger charge is -2.23. The number of nitrogens with one attached hydrogen (secondary N) is 3. The van der Waals surface area contributed by atoms with Gasteiger partial charge >= 0.3 is 0 Å². The minimum Gasteiger partial charge on any atom is -0.368 e. The summed E-state index contributed by atoms with van der Waals surface area (Å²) >= 11 is 0. The third-order valence-corrected chi connectivity index (χ3v) is 3.12. The van der Waals surface area contributed by atoms with Gasteiger partial charge in [0, 0.05) is 24.0 Å². The van der Waals surface area contributed by atoms with Gasteiger partial charge in [-0.25, -0.2) is 4.98 Å². The fourth-order valence-corrected chi connectivity index (χ4v) is 2.18. The molecule has 2 rings (SSSR count). The molecule has 5 nitrogen and oxygen atoms in total. The van der Waals surface area contributed by atoms with E-state index in [2.05, 4.69) is 65.8 Å². The van der Waals surface area contributed by atoms with Crippen molar-refractivity contribution in [2.75, 3.05) is 25.0 Å². The summed E-state index contributed by atoms with van der Waals surface area (Å²) in [5, 5.41) is 11.1. The molecule has 2 aromatic rings. The summed E-state index contributed by atoms with van der Waals surface area (Å²) in [6.45, 7) is 10.7. The smallest absolute Gasteiger partial charge is 0.191 e. The van der Waals surface area contributed by atoms with Crippen LogP contribution in [0.15, 0.2) is 41.4 Å². The number of halogens is 1. The third kappa shape index (κ3) is 6.90. The average Bonchev–Trinajstić information content (AvgIpc) is 2.50. The Bertz CT molecular complexity index is 664. The van der Waals surface area contributed by atoms with Crippen LogP contribution in [-0.4, -0.2) is 36.1 Å². The Kier molecular flexibility index (Phi) is 8.24. The van der Waals surface area contributed by atoms with Crippen LogP contribution in [0.3, 0.4) is 0 Å². The Balaban J connectivity index is 0.00000288. The van der Waals surface area contributed by atoms with Gasteiger partial charge in [-0.05, 0) is 45.9 Å². The van der Waals surface area contributed by atoms with Crippen LogP contribution in [0.1, 0.15) is 27.7 Å². The number of benzene rings is 1. The molecule has 1 aromatic heterocycles. The van der Waals surface area contributed by atoms with Crippen LogP contribution in [0.4, 0.5) is 5.82 Å². The number of anilines is 1. The molecule has 24 heavy (non-hydrogen) atoms. The predicted octanol–water partition coefficient (Wildman–Crippen LogP) is 3.62. The number of para-hydroxylation sites is 1. The lowest BCUT2D eigenvalue weighted by molar-refractivity contribution is 0.502. The van der Waals surface area contributed by atoms with E-state index in [1.807, 2.05) is 24.3 Å². The quantitative estimate of drug-likeness (QED) is 0.287. The summed E-state index contributed by atoms with van der Waals surface area (Å²) in [6, 6.07) is 12.2. The van der Waals surface area contributed by atoms with Gasteiger partial charge in [0.15, 0.2) is 5.96 Å². The lowest BCUT2D eigenvalue weighted by atomic mass is 10.1. The minimum absolute atomic E-state index is 0. The standard InChI is InChI=1S/C18H27N5.HI/c1-5-19-17(23-18(2,3)4)21-13-12-20-16-11-10-14-8-6-7-9-15(14)22-16;/h6-11H,5,12-13H2,1-4H3,(H,20,22)(H2,19,21,23);1H. The average molecular weight is 441 g/mol. The zero-order valence-electron chi connectivity index (χ0n) is 14.9. The van der Waals surface area contributed by atoms with Crippen molar-refractivity contribution in [3.63, 3.8) is 0 Å². The van der Waals surface area contributed by atoms with E-state index in [9.17, 15) is 0 Å². The number of pyridine rings is 1. The Morgan fingerprint density at radius 1 is 1.12 bits per heavy atom. The Hall–Kier alpha value is -1.57. The van der Waals surface area contributed by atoms with E-state index >= 15 is 0 Å². The highest BCUT2D eigenvalue weighted by molar-refractivity contribution is 14.0. The predicted molar refractivity (Wildman–Crippen MR) is 115 cm³/mol. The summed E-state index contributed by atoms with van der Waals surface area (Å²) in [7, 11) is 0. The van der Waals surface area contributed by atoms with Crippen LogP contribution in [0.25, 0.3) is 10.9 Å². The summed E-state index contributed by atoms with van der Waals surface area (Å²) in [4.78, 5) is 9.18. The fourth-order valence-electron chi connectivity index (χ4n) is 2.18. The molecule has 0 amide bonds. The van der Waals surface area contributed by atoms with E-state index in [4.69, 9.17) is 0 Å². The topological polar surface area (TPSA) is 61.3 Å². The maximum absolute atomic E-state index is 4.60. The van der Waals surface area contributed by atoms with E-state index in [0.29, 0.717) is 6.54 Å². The number of hydrogen-bond donors (Lipinski definition) is 3. The van der Waals surface area contributed by atoms with Crippen LogP contribution >= 0.6 is 24.0 Å². The zero-order valence-corrected chi connectivity index (χ0v) is 17.2. The molecule has 0 bridgehead atoms. The molecule has 0 fully saturated rings. The second-order valence-electron chi connectivity index (χ2n) is 6.45. The summed E-state index contributed by atoms with van der Waals surface area (Å²) in [5.41, 5.74) is 0.998. The molecule has 0 saturated carbocycles. The molecule has 0 unspecified atom stereocenters. The monoisotopic (exact) mass is 441 g/mol. The van der Waals surface area contributed by atoms with Gasteiger partial charge in [0.25, 0.3) is 0 Å². The Labute approximate surface area is 161 Å². The number of guanidine groups is 1. The molecule has 0 aliphatic carbocycles. The summed E-state index contributed by atoms with van der Waals surface area (Å²) < 4.78 is 0. The first-order chi connectivity index (χ1) is 11.0. The fraction of sp³-hybridized carbons (Fsp3) is 0.444. The highest BCUT2D eigenvalue weighted by atomic mass is 127. The molecule has 0 spiro atoms. The van der Waals surface area contributed by atoms with E-state index in [-0.39, 0.29) is 29.5 Å². The van der Waals surface area contributed by atoms with Gasteiger partial charge in [-0.2, -0.15) is 0 Å². The number of nitrogens with zero attached hydrogens (tertiary/aromatic N) is 2. The van der Waals surface area contributed by atoms with Crippen LogP contribution < -0.4 is 16.0 Å². The minimum atomic E-state index is -0.00562. The van der Waals surface area contributed by atoms with Gasteiger partial charge in [-0.3, -0.25) is 4.99 Å². The van der Waals surface area contributed by atoms with Crippen molar-refractivity contribution in [2.24, 2.45) is 4.99 Å². The highest BCUT2D eigenvalue weighted by Gasteiger charge is 2.11. The van der Waals surface area contributed by atoms with Gasteiger partial charge in [0.05, 0.1) is 12.1 Å². The molecule has 1 heterocycles. The molecule has 1 aromatic carbocycles. The first-order valence-corrected chi connectivity index (χ1v) is 8.14. The number of fused-ring (bicyclic) bond motifs is 1. The van der Waals surface area contributed by atoms with Crippen molar-refractivity contribution in [1.82, 2.24) is 15.6 Å². The van der Waals surface area contributed by atoms with E-state index < -0.39 is 0 Å². The molecule has 6 heteroatoms. The molecular weight excluding hydrogens is 413 g/mol. The second kappa shape index (κ2) is 9.66. The van der Waals surface area contributed by atoms with Gasteiger partial charge in [0.2, 0.25) is 0 Å². The van der Waals surface area contributed by atoms with Crippen molar-refractivity contribution in [3.8, 4) is 0 Å². The highest BCUT2D eigenvalue weighted by Crippen LogP contribution is 2.14. The van der Waals surface area contributed by atoms with Gasteiger partial charge in [-0.1, -0.05) is 18.2 Å². The van der Waals surface area contributed by atoms with Crippen molar-refractivity contribution < 1.29 is 0 Å². The molecule has 0 atom stereocenters. The normalized spacial score (nSPS) is 11.8. The Morgan fingerprint density at radius 2 is 1.88 bits per heavy atom. The van der Waals surface area contributed by atoms with E-state index in [1.165, 1.54) is 0 Å². The molecule has 0 radical (unpaired) electrons. The summed E-state index contributed by atoms with van der Waals surface area (Å²) in [5.74, 6) is 1.72. The van der Waals surface area contributed by atoms with Crippen LogP contribution in [0.2, 0.25) is 0 Å². The largest absolute Gasteiger partial charge is 0.368 e. The van der Waals surface area contributed by atoms with E-state index in [1.54, 1.807) is 0 Å². The van der Waals surface area contributed by atoms with Crippen LogP contribution in [0, 0.1) is 0 Å². The van der Waals surface area contributed by atoms with Crippen LogP contribution in [-0.2, 0) is 0 Å². The van der Waals surface area contributed by atoms with Crippen molar-refractivity contribution >= 4 is 46.7 Å². The molecule has 0 aliphatic rings. The maximum Gasteiger partial charge on any atom is 0.191 e. The second-order valence-corrected chi connectivity index (χ2v) is 6.45. The van der Waals surface area contributed by atoms with Crippen molar-refractivity contribution in [3.05, 3.63) is 36.4 Å². The summed E-state index contributed by atoms with van der Waals surface area (Å²) in [6.07, 6.45) is 0. The molecule has 3 N–H and O–H groups in total. The third-order valence-electron chi connectivity index (χ3n) is 3.12. The van der Waals surface area contributed by atoms with Gasteiger partial charge in [0.1, 0.15) is 5.82 Å². The first kappa shape index (κ1) is 20.5. The number of aromatic nitrogens is 1. The van der Waals surface area contributed by atoms with E-state index in [0.717, 1.165) is 35.8 Å². The van der Waals surface area contributed by atoms with Crippen LogP contribution in [0.5, 0.6) is 0 Å². The molecule has 0 saturated heterocycles. The van der Waals surface area contributed by atoms with Crippen molar-refractivity contribution in [2.45, 2.75) is 33.2 Å². The molecule has 0 aliphatic heterocycles. The molecule has 132 valence electrons. The number of rotatable bonds is 5. The number of hydrogen-bond acceptors (Lipinski definition) is 3. The Morgan fingerprint density at radius 3 is 2.58 bits per heavy atom. The number of aliphatic imine (C=N–C) groups is 1. The van der Waals surface area contributed by atoms with Gasteiger partial charge in [-0.15, -0.1) is 24.0 Å². The molecular formula is C18H28IN5. The first-order valence-electron chi connectivity index (χ1n) is 8.14. The zero-order chi connectivity index (χ0) is 16.7. The van der Waals surface area contributed by atoms with Gasteiger partial charge < -0.3 is 16.0 Å².